The van der Waals surface area contributed by atoms with Crippen LogP contribution in [0.4, 0.5) is 0 Å². The number of rotatable bonds is 9. The van der Waals surface area contributed by atoms with Crippen LogP contribution in [0.5, 0.6) is 0 Å². The minimum Gasteiger partial charge on any atom is -0.394 e. The van der Waals surface area contributed by atoms with Gasteiger partial charge >= 0.3 is 0 Å². The summed E-state index contributed by atoms with van der Waals surface area (Å²) in [5.41, 5.74) is 0. The summed E-state index contributed by atoms with van der Waals surface area (Å²) in [6, 6.07) is 0. The molecule has 0 spiro atoms. The highest BCUT2D eigenvalue weighted by atomic mass is 16.4. The van der Waals surface area contributed by atoms with Crippen molar-refractivity contribution < 1.29 is 50.4 Å². The Morgan fingerprint density at radius 1 is 0.850 bits per heavy atom. The van der Waals surface area contributed by atoms with Gasteiger partial charge in [-0.3, -0.25) is 4.79 Å². The Labute approximate surface area is 113 Å². The topological polar surface area (TPSA) is 196 Å². The SMILES string of the molecule is O=CC(O)C(O)C(O)C(=O)C(O)C(O)C(O)C(O)CO. The molecule has 10 heteroatoms. The van der Waals surface area contributed by atoms with Gasteiger partial charge in [0, 0.05) is 0 Å². The second-order valence-electron chi connectivity index (χ2n) is 4.14. The minimum absolute atomic E-state index is 0.158. The van der Waals surface area contributed by atoms with Crippen LogP contribution in [0.1, 0.15) is 0 Å². The molecule has 0 aromatic carbocycles. The van der Waals surface area contributed by atoms with Crippen LogP contribution in [-0.4, -0.2) is 102 Å². The fraction of sp³-hybridized carbons (Fsp3) is 0.800. The first-order valence-corrected chi connectivity index (χ1v) is 5.55. The van der Waals surface area contributed by atoms with Gasteiger partial charge in [-0.2, -0.15) is 0 Å². The van der Waals surface area contributed by atoms with Gasteiger partial charge in [-0.05, 0) is 0 Å². The Morgan fingerprint density at radius 2 is 1.30 bits per heavy atom. The minimum atomic E-state index is -2.42. The predicted molar refractivity (Wildman–Crippen MR) is 60.2 cm³/mol. The summed E-state index contributed by atoms with van der Waals surface area (Å²) in [6.07, 6.45) is -15.5. The monoisotopic (exact) mass is 298 g/mol. The molecule has 7 unspecified atom stereocenters. The van der Waals surface area contributed by atoms with Crippen LogP contribution < -0.4 is 0 Å². The number of aliphatic hydroxyl groups excluding tert-OH is 8. The third kappa shape index (κ3) is 4.54. The van der Waals surface area contributed by atoms with Gasteiger partial charge in [0.25, 0.3) is 0 Å². The van der Waals surface area contributed by atoms with E-state index < -0.39 is 55.1 Å². The van der Waals surface area contributed by atoms with E-state index in [0.717, 1.165) is 0 Å². The molecule has 8 N–H and O–H groups in total. The van der Waals surface area contributed by atoms with E-state index in [1.165, 1.54) is 0 Å². The molecular weight excluding hydrogens is 280 g/mol. The van der Waals surface area contributed by atoms with Crippen molar-refractivity contribution in [2.75, 3.05) is 6.61 Å². The van der Waals surface area contributed by atoms with Gasteiger partial charge in [0.2, 0.25) is 0 Å². The molecule has 0 rings (SSSR count). The lowest BCUT2D eigenvalue weighted by molar-refractivity contribution is -0.162. The normalized spacial score (nSPS) is 22.2. The number of carbonyl (C=O) groups is 2. The van der Waals surface area contributed by atoms with Crippen molar-refractivity contribution in [2.45, 2.75) is 42.7 Å². The van der Waals surface area contributed by atoms with Crippen molar-refractivity contribution in [3.05, 3.63) is 0 Å². The molecule has 118 valence electrons. The molecule has 0 radical (unpaired) electrons. The largest absolute Gasteiger partial charge is 0.394 e. The lowest BCUT2D eigenvalue weighted by Gasteiger charge is -2.27. The smallest absolute Gasteiger partial charge is 0.195 e. The maximum Gasteiger partial charge on any atom is 0.195 e. The van der Waals surface area contributed by atoms with Crippen LogP contribution in [-0.2, 0) is 9.59 Å². The molecule has 0 heterocycles. The van der Waals surface area contributed by atoms with Crippen LogP contribution in [0.2, 0.25) is 0 Å². The summed E-state index contributed by atoms with van der Waals surface area (Å²) in [4.78, 5) is 21.6. The highest BCUT2D eigenvalue weighted by molar-refractivity contribution is 5.88. The molecule has 0 aliphatic rings. The van der Waals surface area contributed by atoms with Crippen molar-refractivity contribution in [3.8, 4) is 0 Å². The maximum absolute atomic E-state index is 11.5. The molecule has 10 nitrogen and oxygen atoms in total. The van der Waals surface area contributed by atoms with E-state index in [1.807, 2.05) is 0 Å². The van der Waals surface area contributed by atoms with E-state index in [4.69, 9.17) is 15.3 Å². The molecule has 0 fully saturated rings. The van der Waals surface area contributed by atoms with Gasteiger partial charge in [0.1, 0.15) is 42.7 Å². The first kappa shape index (κ1) is 19.0. The second-order valence-corrected chi connectivity index (χ2v) is 4.14. The molecule has 0 aliphatic heterocycles. The average Bonchev–Trinajstić information content (AvgIpc) is 2.48. The number of aliphatic hydroxyl groups is 8. The van der Waals surface area contributed by atoms with Crippen molar-refractivity contribution >= 4 is 12.1 Å². The number of aldehydes is 1. The molecule has 0 saturated carbocycles. The first-order valence-electron chi connectivity index (χ1n) is 5.55. The summed E-state index contributed by atoms with van der Waals surface area (Å²) in [7, 11) is 0. The number of hydrogen-bond donors (Lipinski definition) is 8. The summed E-state index contributed by atoms with van der Waals surface area (Å²) < 4.78 is 0. The van der Waals surface area contributed by atoms with E-state index >= 15 is 0 Å². The summed E-state index contributed by atoms with van der Waals surface area (Å²) in [6.45, 7) is -0.964. The van der Waals surface area contributed by atoms with Crippen molar-refractivity contribution in [1.82, 2.24) is 0 Å². The Bertz CT molecular complexity index is 321. The summed E-state index contributed by atoms with van der Waals surface area (Å²) in [5.74, 6) is -1.59. The quantitative estimate of drug-likeness (QED) is 0.190. The average molecular weight is 298 g/mol. The third-order valence-corrected chi connectivity index (χ3v) is 2.65. The number of hydrogen-bond acceptors (Lipinski definition) is 10. The van der Waals surface area contributed by atoms with Crippen LogP contribution in [0, 0.1) is 0 Å². The lowest BCUT2D eigenvalue weighted by Crippen LogP contribution is -2.54. The second kappa shape index (κ2) is 8.34. The zero-order chi connectivity index (χ0) is 16.0. The van der Waals surface area contributed by atoms with Crippen LogP contribution in [0.25, 0.3) is 0 Å². The van der Waals surface area contributed by atoms with E-state index in [2.05, 4.69) is 0 Å². The van der Waals surface area contributed by atoms with E-state index in [0.29, 0.717) is 0 Å². The molecule has 20 heavy (non-hydrogen) atoms. The first-order chi connectivity index (χ1) is 9.18. The van der Waals surface area contributed by atoms with Gasteiger partial charge < -0.3 is 45.6 Å². The van der Waals surface area contributed by atoms with Gasteiger partial charge in [0.15, 0.2) is 12.1 Å². The van der Waals surface area contributed by atoms with Gasteiger partial charge in [-0.15, -0.1) is 0 Å². The highest BCUT2D eigenvalue weighted by Crippen LogP contribution is 2.10. The zero-order valence-electron chi connectivity index (χ0n) is 10.2. The third-order valence-electron chi connectivity index (χ3n) is 2.65. The molecule has 0 saturated heterocycles. The van der Waals surface area contributed by atoms with Crippen molar-refractivity contribution in [3.63, 3.8) is 0 Å². The van der Waals surface area contributed by atoms with Crippen LogP contribution in [0.15, 0.2) is 0 Å². The fourth-order valence-electron chi connectivity index (χ4n) is 1.30. The standard InChI is InChI=1S/C10H18O10/c11-1-3(13)5(15)7(17)9(19)10(20)8(18)6(16)4(14)2-12/h1,3-8,10,12-18,20H,2H2. The lowest BCUT2D eigenvalue weighted by atomic mass is 9.94. The van der Waals surface area contributed by atoms with Crippen LogP contribution in [0.3, 0.4) is 0 Å². The number of ketones is 1. The van der Waals surface area contributed by atoms with Crippen molar-refractivity contribution in [2.24, 2.45) is 0 Å². The molecule has 0 aromatic heterocycles. The number of Topliss-reactive ketones (excluding diaryl/α,β-unsaturated/α-hetero) is 1. The van der Waals surface area contributed by atoms with E-state index in [9.17, 15) is 35.1 Å². The number of carbonyl (C=O) groups excluding carboxylic acids is 2. The van der Waals surface area contributed by atoms with Gasteiger partial charge in [-0.1, -0.05) is 0 Å². The van der Waals surface area contributed by atoms with Crippen LogP contribution >= 0.6 is 0 Å². The summed E-state index contributed by atoms with van der Waals surface area (Å²) in [5, 5.41) is 72.9. The molecular formula is C10H18O10. The van der Waals surface area contributed by atoms with Crippen molar-refractivity contribution in [1.29, 1.82) is 0 Å². The van der Waals surface area contributed by atoms with Gasteiger partial charge in [-0.25, -0.2) is 0 Å². The molecule has 0 aromatic rings. The Kier molecular flexibility index (Phi) is 7.93. The molecule has 0 aliphatic carbocycles. The maximum atomic E-state index is 11.5. The Balaban J connectivity index is 4.79. The summed E-state index contributed by atoms with van der Waals surface area (Å²) >= 11 is 0. The Morgan fingerprint density at radius 3 is 1.70 bits per heavy atom. The van der Waals surface area contributed by atoms with Gasteiger partial charge in [0.05, 0.1) is 6.61 Å². The fourth-order valence-corrected chi connectivity index (χ4v) is 1.30. The Hall–Kier alpha value is -0.980. The molecule has 7 atom stereocenters. The molecule has 0 bridgehead atoms. The highest BCUT2D eigenvalue weighted by Gasteiger charge is 2.40. The van der Waals surface area contributed by atoms with E-state index in [-0.39, 0.29) is 6.29 Å². The van der Waals surface area contributed by atoms with E-state index in [1.54, 1.807) is 0 Å². The zero-order valence-corrected chi connectivity index (χ0v) is 10.2. The predicted octanol–water partition coefficient (Wildman–Crippen LogP) is -5.73. The molecule has 0 amide bonds.